The Morgan fingerprint density at radius 2 is 2.21 bits per heavy atom. The Bertz CT molecular complexity index is 795. The van der Waals surface area contributed by atoms with Crippen molar-refractivity contribution >= 4 is 22.6 Å². The van der Waals surface area contributed by atoms with Crippen molar-refractivity contribution < 1.29 is 4.79 Å². The topological polar surface area (TPSA) is 84.8 Å². The van der Waals surface area contributed by atoms with Gasteiger partial charge in [-0.15, -0.1) is 0 Å². The van der Waals surface area contributed by atoms with Gasteiger partial charge in [-0.05, 0) is 31.0 Å². The number of hydrogen-bond acceptors (Lipinski definition) is 4. The lowest BCUT2D eigenvalue weighted by Gasteiger charge is -2.31. The molecule has 1 saturated carbocycles. The Labute approximate surface area is 141 Å². The number of aromatic amines is 1. The van der Waals surface area contributed by atoms with Gasteiger partial charge in [0.25, 0.3) is 5.91 Å². The van der Waals surface area contributed by atoms with Gasteiger partial charge in [0.2, 0.25) is 0 Å². The number of amides is 1. The SMILES string of the molecule is CN(C(=O)/C(C#N)=C\Nc1ccc2nc[nH]c2c1)C1CCCCC1. The van der Waals surface area contributed by atoms with Gasteiger partial charge in [0.1, 0.15) is 11.6 Å². The molecule has 6 heteroatoms. The Balaban J connectivity index is 1.71. The fourth-order valence-corrected chi connectivity index (χ4v) is 3.15. The number of fused-ring (bicyclic) bond motifs is 1. The third-order valence-corrected chi connectivity index (χ3v) is 4.60. The number of nitrogens with zero attached hydrogens (tertiary/aromatic N) is 3. The van der Waals surface area contributed by atoms with Crippen molar-refractivity contribution in [2.45, 2.75) is 38.1 Å². The smallest absolute Gasteiger partial charge is 0.266 e. The molecule has 6 nitrogen and oxygen atoms in total. The maximum atomic E-state index is 12.5. The van der Waals surface area contributed by atoms with Gasteiger partial charge in [-0.3, -0.25) is 4.79 Å². The van der Waals surface area contributed by atoms with Crippen LogP contribution < -0.4 is 5.32 Å². The first-order valence-electron chi connectivity index (χ1n) is 8.26. The summed E-state index contributed by atoms with van der Waals surface area (Å²) >= 11 is 0. The number of H-pyrrole nitrogens is 1. The van der Waals surface area contributed by atoms with Gasteiger partial charge < -0.3 is 15.2 Å². The van der Waals surface area contributed by atoms with Gasteiger partial charge in [0.15, 0.2) is 0 Å². The van der Waals surface area contributed by atoms with E-state index in [0.29, 0.717) is 0 Å². The Morgan fingerprint density at radius 3 is 2.96 bits per heavy atom. The van der Waals surface area contributed by atoms with Crippen molar-refractivity contribution in [3.8, 4) is 6.07 Å². The van der Waals surface area contributed by atoms with E-state index >= 15 is 0 Å². The minimum atomic E-state index is -0.223. The summed E-state index contributed by atoms with van der Waals surface area (Å²) in [6, 6.07) is 7.89. The molecule has 0 bridgehead atoms. The van der Waals surface area contributed by atoms with E-state index in [0.717, 1.165) is 42.4 Å². The van der Waals surface area contributed by atoms with Crippen molar-refractivity contribution in [2.24, 2.45) is 0 Å². The lowest BCUT2D eigenvalue weighted by molar-refractivity contribution is -0.128. The van der Waals surface area contributed by atoms with Crippen LogP contribution in [0.25, 0.3) is 11.0 Å². The van der Waals surface area contributed by atoms with Crippen LogP contribution in [0.3, 0.4) is 0 Å². The summed E-state index contributed by atoms with van der Waals surface area (Å²) in [7, 11) is 1.79. The largest absolute Gasteiger partial charge is 0.360 e. The van der Waals surface area contributed by atoms with E-state index in [1.54, 1.807) is 18.3 Å². The van der Waals surface area contributed by atoms with E-state index in [2.05, 4.69) is 15.3 Å². The van der Waals surface area contributed by atoms with E-state index < -0.39 is 0 Å². The first-order chi connectivity index (χ1) is 11.7. The van der Waals surface area contributed by atoms with E-state index in [1.807, 2.05) is 24.3 Å². The van der Waals surface area contributed by atoms with Gasteiger partial charge >= 0.3 is 0 Å². The second kappa shape index (κ2) is 7.18. The molecule has 1 fully saturated rings. The van der Waals surface area contributed by atoms with Crippen LogP contribution in [-0.4, -0.2) is 33.9 Å². The number of aromatic nitrogens is 2. The van der Waals surface area contributed by atoms with Crippen LogP contribution in [0.2, 0.25) is 0 Å². The van der Waals surface area contributed by atoms with Gasteiger partial charge in [0.05, 0.1) is 17.4 Å². The van der Waals surface area contributed by atoms with Crippen LogP contribution in [-0.2, 0) is 4.79 Å². The third-order valence-electron chi connectivity index (χ3n) is 4.60. The summed E-state index contributed by atoms with van der Waals surface area (Å²) in [5, 5.41) is 12.4. The minimum absolute atomic E-state index is 0.118. The van der Waals surface area contributed by atoms with Crippen LogP contribution in [0.5, 0.6) is 0 Å². The number of hydrogen-bond donors (Lipinski definition) is 2. The molecule has 1 aromatic heterocycles. The molecule has 1 amide bonds. The number of benzene rings is 1. The van der Waals surface area contributed by atoms with Crippen molar-refractivity contribution in [3.63, 3.8) is 0 Å². The Morgan fingerprint density at radius 1 is 1.42 bits per heavy atom. The van der Waals surface area contributed by atoms with Crippen LogP contribution in [0.15, 0.2) is 36.3 Å². The molecule has 124 valence electrons. The standard InChI is InChI=1S/C18H21N5O/c1-23(15-5-3-2-4-6-15)18(24)13(10-19)11-20-14-7-8-16-17(9-14)22-12-21-16/h7-9,11-12,15,20H,2-6H2,1H3,(H,21,22)/b13-11-. The molecule has 1 heterocycles. The highest BCUT2D eigenvalue weighted by Gasteiger charge is 2.24. The number of carbonyl (C=O) groups is 1. The van der Waals surface area contributed by atoms with Crippen molar-refractivity contribution in [1.82, 2.24) is 14.9 Å². The zero-order chi connectivity index (χ0) is 16.9. The third kappa shape index (κ3) is 3.40. The van der Waals surface area contributed by atoms with E-state index in [4.69, 9.17) is 0 Å². The lowest BCUT2D eigenvalue weighted by atomic mass is 9.94. The van der Waals surface area contributed by atoms with Crippen LogP contribution in [0, 0.1) is 11.3 Å². The first-order valence-corrected chi connectivity index (χ1v) is 8.26. The highest BCUT2D eigenvalue weighted by atomic mass is 16.2. The Kier molecular flexibility index (Phi) is 4.80. The summed E-state index contributed by atoms with van der Waals surface area (Å²) in [6.45, 7) is 0. The highest BCUT2D eigenvalue weighted by molar-refractivity contribution is 5.97. The fourth-order valence-electron chi connectivity index (χ4n) is 3.15. The number of nitrogens with one attached hydrogen (secondary N) is 2. The predicted octanol–water partition coefficient (Wildman–Crippen LogP) is 3.17. The quantitative estimate of drug-likeness (QED) is 0.668. The molecule has 0 atom stereocenters. The summed E-state index contributed by atoms with van der Waals surface area (Å²) in [4.78, 5) is 21.5. The van der Waals surface area contributed by atoms with Gasteiger partial charge in [-0.2, -0.15) is 5.26 Å². The second-order valence-corrected chi connectivity index (χ2v) is 6.16. The van der Waals surface area contributed by atoms with E-state index in [-0.39, 0.29) is 17.5 Å². The number of anilines is 1. The monoisotopic (exact) mass is 323 g/mol. The minimum Gasteiger partial charge on any atom is -0.360 e. The molecule has 24 heavy (non-hydrogen) atoms. The lowest BCUT2D eigenvalue weighted by Crippen LogP contribution is -2.39. The van der Waals surface area contributed by atoms with Crippen molar-refractivity contribution in [1.29, 1.82) is 5.26 Å². The summed E-state index contributed by atoms with van der Waals surface area (Å²) < 4.78 is 0. The maximum absolute atomic E-state index is 12.5. The zero-order valence-electron chi connectivity index (χ0n) is 13.7. The maximum Gasteiger partial charge on any atom is 0.266 e. The number of imidazole rings is 1. The van der Waals surface area contributed by atoms with Gasteiger partial charge in [0, 0.05) is 25.0 Å². The highest BCUT2D eigenvalue weighted by Crippen LogP contribution is 2.23. The fraction of sp³-hybridized carbons (Fsp3) is 0.389. The van der Waals surface area contributed by atoms with Crippen LogP contribution in [0.1, 0.15) is 32.1 Å². The normalized spacial score (nSPS) is 15.9. The molecule has 1 aromatic carbocycles. The van der Waals surface area contributed by atoms with E-state index in [9.17, 15) is 10.1 Å². The number of rotatable bonds is 4. The molecule has 0 aliphatic heterocycles. The zero-order valence-corrected chi connectivity index (χ0v) is 13.7. The van der Waals surface area contributed by atoms with Crippen LogP contribution >= 0.6 is 0 Å². The predicted molar refractivity (Wildman–Crippen MR) is 93.1 cm³/mol. The van der Waals surface area contributed by atoms with E-state index in [1.165, 1.54) is 12.6 Å². The molecule has 0 spiro atoms. The molecule has 1 aliphatic rings. The van der Waals surface area contributed by atoms with Gasteiger partial charge in [-0.25, -0.2) is 4.98 Å². The van der Waals surface area contributed by atoms with Crippen molar-refractivity contribution in [3.05, 3.63) is 36.3 Å². The van der Waals surface area contributed by atoms with Gasteiger partial charge in [-0.1, -0.05) is 19.3 Å². The molecule has 1 aliphatic carbocycles. The summed E-state index contributed by atoms with van der Waals surface area (Å²) in [5.41, 5.74) is 2.69. The average Bonchev–Trinajstić information content (AvgIpc) is 3.10. The average molecular weight is 323 g/mol. The second-order valence-electron chi connectivity index (χ2n) is 6.16. The molecular weight excluding hydrogens is 302 g/mol. The molecular formula is C18H21N5O. The molecule has 2 N–H and O–H groups in total. The summed E-state index contributed by atoms with van der Waals surface area (Å²) in [6.07, 6.45) is 8.69. The molecule has 0 radical (unpaired) electrons. The van der Waals surface area contributed by atoms with Crippen molar-refractivity contribution in [2.75, 3.05) is 12.4 Å². The van der Waals surface area contributed by atoms with Crippen LogP contribution in [0.4, 0.5) is 5.69 Å². The Hall–Kier alpha value is -2.81. The summed E-state index contributed by atoms with van der Waals surface area (Å²) in [5.74, 6) is -0.223. The first kappa shape index (κ1) is 16.1. The molecule has 0 saturated heterocycles. The number of nitriles is 1. The molecule has 2 aromatic rings. The molecule has 0 unspecified atom stereocenters. The molecule has 3 rings (SSSR count). The number of carbonyl (C=O) groups excluding carboxylic acids is 1. The number of likely N-dealkylation sites (N-methyl/N-ethyl adjacent to an activating group) is 1.